The van der Waals surface area contributed by atoms with Crippen molar-refractivity contribution in [3.05, 3.63) is 65.2 Å². The summed E-state index contributed by atoms with van der Waals surface area (Å²) in [5.74, 6) is -0.149. The highest BCUT2D eigenvalue weighted by Crippen LogP contribution is 2.22. The van der Waals surface area contributed by atoms with Crippen LogP contribution < -0.4 is 5.32 Å². The lowest BCUT2D eigenvalue weighted by Gasteiger charge is -2.21. The third-order valence-corrected chi connectivity index (χ3v) is 5.45. The van der Waals surface area contributed by atoms with Crippen LogP contribution in [-0.2, 0) is 17.7 Å². The molecule has 1 saturated heterocycles. The second-order valence-electron chi connectivity index (χ2n) is 6.67. The van der Waals surface area contributed by atoms with Crippen molar-refractivity contribution in [2.45, 2.75) is 38.3 Å². The zero-order valence-corrected chi connectivity index (χ0v) is 15.8. The second kappa shape index (κ2) is 8.45. The molecule has 1 aliphatic rings. The van der Waals surface area contributed by atoms with Crippen molar-refractivity contribution >= 4 is 22.4 Å². The summed E-state index contributed by atoms with van der Waals surface area (Å²) in [5, 5.41) is 5.55. The van der Waals surface area contributed by atoms with Crippen molar-refractivity contribution in [1.29, 1.82) is 0 Å². The molecule has 0 spiro atoms. The molecule has 1 N–H and O–H groups in total. The number of hydrogen-bond acceptors (Lipinski definition) is 5. The van der Waals surface area contributed by atoms with Crippen molar-refractivity contribution in [2.75, 3.05) is 11.9 Å². The lowest BCUT2D eigenvalue weighted by atomic mass is 10.1. The average Bonchev–Trinajstić information content (AvgIpc) is 3.33. The van der Waals surface area contributed by atoms with Crippen LogP contribution in [0.3, 0.4) is 0 Å². The Morgan fingerprint density at radius 1 is 1.30 bits per heavy atom. The maximum atomic E-state index is 12.7. The number of amides is 1. The molecular weight excluding hydrogens is 360 g/mol. The Labute approximate surface area is 162 Å². The monoisotopic (exact) mass is 382 g/mol. The summed E-state index contributed by atoms with van der Waals surface area (Å²) in [6.45, 7) is 1.47. The highest BCUT2D eigenvalue weighted by atomic mass is 32.1. The van der Waals surface area contributed by atoms with Gasteiger partial charge in [-0.25, -0.2) is 4.98 Å². The van der Waals surface area contributed by atoms with E-state index in [4.69, 9.17) is 4.74 Å². The summed E-state index contributed by atoms with van der Waals surface area (Å²) in [6, 6.07) is 7.59. The molecule has 1 amide bonds. The van der Waals surface area contributed by atoms with E-state index in [0.717, 1.165) is 37.1 Å². The Morgan fingerprint density at radius 3 is 3.00 bits per heavy atom. The van der Waals surface area contributed by atoms with Crippen molar-refractivity contribution in [3.63, 3.8) is 0 Å². The van der Waals surface area contributed by atoms with Crippen LogP contribution in [0.5, 0.6) is 0 Å². The molecule has 6 nitrogen and oxygen atoms in total. The molecule has 4 rings (SSSR count). The van der Waals surface area contributed by atoms with Crippen LogP contribution in [0.2, 0.25) is 0 Å². The quantitative estimate of drug-likeness (QED) is 0.705. The Hall–Kier alpha value is -2.51. The standard InChI is InChI=1S/C20H22N4O2S/c25-19(18-5-3-10-24(18)13-15-6-8-21-9-7-15)23-20-22-16(14-27-20)12-17-4-1-2-11-26-17/h3,5-10,14,17H,1-2,4,11-13H2,(H,22,23,25). The number of carbonyl (C=O) groups excluding carboxylic acids is 1. The smallest absolute Gasteiger partial charge is 0.274 e. The van der Waals surface area contributed by atoms with E-state index in [-0.39, 0.29) is 12.0 Å². The zero-order chi connectivity index (χ0) is 18.5. The van der Waals surface area contributed by atoms with Gasteiger partial charge in [-0.3, -0.25) is 15.1 Å². The van der Waals surface area contributed by atoms with Crippen LogP contribution in [0.15, 0.2) is 48.2 Å². The van der Waals surface area contributed by atoms with Gasteiger partial charge in [0.25, 0.3) is 5.91 Å². The number of thiazole rings is 1. The van der Waals surface area contributed by atoms with Gasteiger partial charge in [-0.2, -0.15) is 0 Å². The molecule has 1 aliphatic heterocycles. The predicted octanol–water partition coefficient (Wildman–Crippen LogP) is 3.75. The van der Waals surface area contributed by atoms with E-state index < -0.39 is 0 Å². The molecule has 140 valence electrons. The molecule has 1 atom stereocenters. The number of anilines is 1. The van der Waals surface area contributed by atoms with Gasteiger partial charge in [-0.15, -0.1) is 11.3 Å². The first-order valence-electron chi connectivity index (χ1n) is 9.19. The summed E-state index contributed by atoms with van der Waals surface area (Å²) in [4.78, 5) is 21.3. The summed E-state index contributed by atoms with van der Waals surface area (Å²) >= 11 is 1.46. The molecule has 4 heterocycles. The van der Waals surface area contributed by atoms with Gasteiger partial charge in [0.1, 0.15) is 5.69 Å². The van der Waals surface area contributed by atoms with Crippen LogP contribution >= 0.6 is 11.3 Å². The normalized spacial score (nSPS) is 17.0. The molecule has 7 heteroatoms. The zero-order valence-electron chi connectivity index (χ0n) is 15.0. The van der Waals surface area contributed by atoms with Crippen LogP contribution in [0.1, 0.15) is 41.0 Å². The van der Waals surface area contributed by atoms with Crippen molar-refractivity contribution < 1.29 is 9.53 Å². The third kappa shape index (κ3) is 4.61. The summed E-state index contributed by atoms with van der Waals surface area (Å²) < 4.78 is 7.70. The van der Waals surface area contributed by atoms with Gasteiger partial charge in [0.15, 0.2) is 5.13 Å². The fourth-order valence-corrected chi connectivity index (χ4v) is 3.98. The molecule has 27 heavy (non-hydrogen) atoms. The first-order chi connectivity index (χ1) is 13.3. The number of nitrogens with zero attached hydrogens (tertiary/aromatic N) is 3. The molecule has 0 aliphatic carbocycles. The first-order valence-corrected chi connectivity index (χ1v) is 10.1. The Morgan fingerprint density at radius 2 is 2.19 bits per heavy atom. The van der Waals surface area contributed by atoms with E-state index in [2.05, 4.69) is 15.3 Å². The van der Waals surface area contributed by atoms with Gasteiger partial charge < -0.3 is 9.30 Å². The third-order valence-electron chi connectivity index (χ3n) is 4.65. The Bertz CT molecular complexity index is 884. The first kappa shape index (κ1) is 17.9. The van der Waals surface area contributed by atoms with E-state index >= 15 is 0 Å². The molecule has 3 aromatic rings. The number of rotatable bonds is 6. The largest absolute Gasteiger partial charge is 0.378 e. The molecule has 1 fully saturated rings. The van der Waals surface area contributed by atoms with Crippen molar-refractivity contribution in [1.82, 2.24) is 14.5 Å². The van der Waals surface area contributed by atoms with Crippen molar-refractivity contribution in [2.24, 2.45) is 0 Å². The molecule has 0 radical (unpaired) electrons. The Kier molecular flexibility index (Phi) is 5.60. The minimum absolute atomic E-state index is 0.149. The molecule has 0 aromatic carbocycles. The fraction of sp³-hybridized carbons (Fsp3) is 0.350. The number of hydrogen-bond donors (Lipinski definition) is 1. The van der Waals surface area contributed by atoms with E-state index in [1.165, 1.54) is 17.8 Å². The number of ether oxygens (including phenoxy) is 1. The molecule has 3 aromatic heterocycles. The lowest BCUT2D eigenvalue weighted by molar-refractivity contribution is 0.0163. The van der Waals surface area contributed by atoms with E-state index in [1.54, 1.807) is 12.4 Å². The van der Waals surface area contributed by atoms with Gasteiger partial charge >= 0.3 is 0 Å². The SMILES string of the molecule is O=C(Nc1nc(CC2CCCCO2)cs1)c1cccn1Cc1ccncc1. The maximum absolute atomic E-state index is 12.7. The lowest BCUT2D eigenvalue weighted by Crippen LogP contribution is -2.21. The molecule has 0 saturated carbocycles. The highest BCUT2D eigenvalue weighted by Gasteiger charge is 2.17. The Balaban J connectivity index is 1.39. The van der Waals surface area contributed by atoms with Gasteiger partial charge in [0.05, 0.1) is 11.8 Å². The van der Waals surface area contributed by atoms with Crippen LogP contribution in [0.4, 0.5) is 5.13 Å². The van der Waals surface area contributed by atoms with Gasteiger partial charge in [-0.05, 0) is 49.1 Å². The maximum Gasteiger partial charge on any atom is 0.274 e. The van der Waals surface area contributed by atoms with E-state index in [9.17, 15) is 4.79 Å². The fourth-order valence-electron chi connectivity index (χ4n) is 3.26. The van der Waals surface area contributed by atoms with Gasteiger partial charge in [0, 0.05) is 43.5 Å². The number of aromatic nitrogens is 3. The summed E-state index contributed by atoms with van der Waals surface area (Å²) in [5.41, 5.74) is 2.69. The topological polar surface area (TPSA) is 69.0 Å². The number of carbonyl (C=O) groups is 1. The second-order valence-corrected chi connectivity index (χ2v) is 7.53. The predicted molar refractivity (Wildman–Crippen MR) is 105 cm³/mol. The molecule has 1 unspecified atom stereocenters. The van der Waals surface area contributed by atoms with Crippen LogP contribution in [-0.4, -0.2) is 33.2 Å². The highest BCUT2D eigenvalue weighted by molar-refractivity contribution is 7.13. The van der Waals surface area contributed by atoms with E-state index in [0.29, 0.717) is 17.4 Å². The minimum atomic E-state index is -0.149. The molecule has 0 bridgehead atoms. The van der Waals surface area contributed by atoms with Gasteiger partial charge in [-0.1, -0.05) is 0 Å². The summed E-state index contributed by atoms with van der Waals surface area (Å²) in [6.07, 6.45) is 9.93. The van der Waals surface area contributed by atoms with E-state index in [1.807, 2.05) is 40.4 Å². The van der Waals surface area contributed by atoms with Crippen LogP contribution in [0.25, 0.3) is 0 Å². The van der Waals surface area contributed by atoms with Crippen molar-refractivity contribution in [3.8, 4) is 0 Å². The van der Waals surface area contributed by atoms with Gasteiger partial charge in [0.2, 0.25) is 0 Å². The minimum Gasteiger partial charge on any atom is -0.378 e. The molecular formula is C20H22N4O2S. The average molecular weight is 382 g/mol. The van der Waals surface area contributed by atoms with Crippen LogP contribution in [0, 0.1) is 0 Å². The number of pyridine rings is 1. The summed E-state index contributed by atoms with van der Waals surface area (Å²) in [7, 11) is 0. The number of nitrogens with one attached hydrogen (secondary N) is 1.